The van der Waals surface area contributed by atoms with E-state index >= 15 is 0 Å². The third-order valence-corrected chi connectivity index (χ3v) is 4.18. The van der Waals surface area contributed by atoms with E-state index in [1.54, 1.807) is 12.3 Å². The first-order valence-corrected chi connectivity index (χ1v) is 7.05. The summed E-state index contributed by atoms with van der Waals surface area (Å²) in [7, 11) is 0. The van der Waals surface area contributed by atoms with Crippen molar-refractivity contribution in [1.29, 1.82) is 0 Å². The van der Waals surface area contributed by atoms with E-state index in [0.29, 0.717) is 12.5 Å². The van der Waals surface area contributed by atoms with Gasteiger partial charge in [-0.3, -0.25) is 9.78 Å². The van der Waals surface area contributed by atoms with Crippen LogP contribution in [0.2, 0.25) is 0 Å². The Morgan fingerprint density at radius 3 is 2.95 bits per heavy atom. The average molecular weight is 269 g/mol. The lowest BCUT2D eigenvalue weighted by Crippen LogP contribution is -2.49. The summed E-state index contributed by atoms with van der Waals surface area (Å²) in [6.07, 6.45) is 2.66. The van der Waals surface area contributed by atoms with Gasteiger partial charge in [-0.15, -0.1) is 0 Å². The van der Waals surface area contributed by atoms with Crippen molar-refractivity contribution >= 4 is 16.8 Å². The molecule has 2 unspecified atom stereocenters. The van der Waals surface area contributed by atoms with Crippen LogP contribution < -0.4 is 5.73 Å². The first-order valence-electron chi connectivity index (χ1n) is 7.05. The van der Waals surface area contributed by atoms with E-state index in [4.69, 9.17) is 5.73 Å². The molecule has 104 valence electrons. The van der Waals surface area contributed by atoms with Gasteiger partial charge in [0.2, 0.25) is 0 Å². The van der Waals surface area contributed by atoms with Gasteiger partial charge in [0.05, 0.1) is 11.1 Å². The minimum atomic E-state index is 0.0611. The second-order valence-electron chi connectivity index (χ2n) is 5.56. The fourth-order valence-corrected chi connectivity index (χ4v) is 2.74. The van der Waals surface area contributed by atoms with E-state index in [9.17, 15) is 4.79 Å². The molecule has 2 heterocycles. The molecule has 1 saturated heterocycles. The van der Waals surface area contributed by atoms with Gasteiger partial charge in [-0.05, 0) is 24.5 Å². The summed E-state index contributed by atoms with van der Waals surface area (Å²) in [4.78, 5) is 18.9. The number of aromatic nitrogens is 1. The third kappa shape index (κ3) is 2.27. The molecule has 0 saturated carbocycles. The number of carbonyl (C=O) groups excluding carboxylic acids is 1. The van der Waals surface area contributed by atoms with Gasteiger partial charge in [0.1, 0.15) is 0 Å². The van der Waals surface area contributed by atoms with E-state index < -0.39 is 0 Å². The molecule has 1 amide bonds. The number of rotatable bonds is 1. The summed E-state index contributed by atoms with van der Waals surface area (Å²) in [5.41, 5.74) is 7.67. The highest BCUT2D eigenvalue weighted by atomic mass is 16.2. The molecule has 4 nitrogen and oxygen atoms in total. The Morgan fingerprint density at radius 2 is 2.15 bits per heavy atom. The molecule has 1 fully saturated rings. The number of likely N-dealkylation sites (tertiary alicyclic amines) is 1. The van der Waals surface area contributed by atoms with E-state index in [0.717, 1.165) is 29.4 Å². The van der Waals surface area contributed by atoms with Crippen LogP contribution in [0.15, 0.2) is 36.5 Å². The molecule has 1 aromatic carbocycles. The van der Waals surface area contributed by atoms with Crippen LogP contribution in [0.3, 0.4) is 0 Å². The Bertz CT molecular complexity index is 635. The zero-order valence-corrected chi connectivity index (χ0v) is 11.6. The maximum Gasteiger partial charge on any atom is 0.254 e. The molecular weight excluding hydrogens is 250 g/mol. The maximum absolute atomic E-state index is 12.7. The van der Waals surface area contributed by atoms with Gasteiger partial charge in [0.15, 0.2) is 0 Å². The van der Waals surface area contributed by atoms with Crippen molar-refractivity contribution in [1.82, 2.24) is 9.88 Å². The SMILES string of the molecule is CC1CCN(C(=O)c2ccnc3ccccc23)CC1N. The quantitative estimate of drug-likeness (QED) is 0.862. The van der Waals surface area contributed by atoms with Gasteiger partial charge >= 0.3 is 0 Å². The lowest BCUT2D eigenvalue weighted by atomic mass is 9.93. The molecule has 0 radical (unpaired) electrons. The summed E-state index contributed by atoms with van der Waals surface area (Å²) < 4.78 is 0. The number of fused-ring (bicyclic) bond motifs is 1. The van der Waals surface area contributed by atoms with Crippen LogP contribution in [0.25, 0.3) is 10.9 Å². The first kappa shape index (κ1) is 13.1. The molecule has 0 aliphatic carbocycles. The minimum absolute atomic E-state index is 0.0611. The Hall–Kier alpha value is -1.94. The van der Waals surface area contributed by atoms with Crippen LogP contribution in [0.5, 0.6) is 0 Å². The van der Waals surface area contributed by atoms with Crippen LogP contribution in [0.1, 0.15) is 23.7 Å². The molecule has 2 atom stereocenters. The number of pyridine rings is 1. The number of hydrogen-bond donors (Lipinski definition) is 1. The molecular formula is C16H19N3O. The van der Waals surface area contributed by atoms with Gasteiger partial charge in [-0.1, -0.05) is 25.1 Å². The molecule has 2 aromatic rings. The molecule has 4 heteroatoms. The van der Waals surface area contributed by atoms with Crippen LogP contribution >= 0.6 is 0 Å². The molecule has 1 aromatic heterocycles. The van der Waals surface area contributed by atoms with Gasteiger partial charge < -0.3 is 10.6 Å². The fraction of sp³-hybridized carbons (Fsp3) is 0.375. The Morgan fingerprint density at radius 1 is 1.35 bits per heavy atom. The highest BCUT2D eigenvalue weighted by Gasteiger charge is 2.27. The largest absolute Gasteiger partial charge is 0.337 e. The van der Waals surface area contributed by atoms with Crippen molar-refractivity contribution < 1.29 is 4.79 Å². The van der Waals surface area contributed by atoms with Crippen molar-refractivity contribution in [3.8, 4) is 0 Å². The topological polar surface area (TPSA) is 59.2 Å². The van der Waals surface area contributed by atoms with Crippen LogP contribution in [-0.4, -0.2) is 34.9 Å². The standard InChI is InChI=1S/C16H19N3O/c1-11-7-9-19(10-14(11)17)16(20)13-6-8-18-15-5-3-2-4-12(13)15/h2-6,8,11,14H,7,9-10,17H2,1H3. The molecule has 2 N–H and O–H groups in total. The van der Waals surface area contributed by atoms with Crippen molar-refractivity contribution in [3.05, 3.63) is 42.1 Å². The average Bonchev–Trinajstić information content (AvgIpc) is 2.49. The number of piperidine rings is 1. The zero-order chi connectivity index (χ0) is 14.1. The smallest absolute Gasteiger partial charge is 0.254 e. The van der Waals surface area contributed by atoms with Crippen LogP contribution in [0.4, 0.5) is 0 Å². The van der Waals surface area contributed by atoms with Crippen molar-refractivity contribution in [2.24, 2.45) is 11.7 Å². The minimum Gasteiger partial charge on any atom is -0.337 e. The summed E-state index contributed by atoms with van der Waals surface area (Å²) in [6.45, 7) is 3.56. The van der Waals surface area contributed by atoms with E-state index in [1.807, 2.05) is 29.2 Å². The maximum atomic E-state index is 12.7. The predicted molar refractivity (Wildman–Crippen MR) is 79.4 cm³/mol. The summed E-state index contributed by atoms with van der Waals surface area (Å²) >= 11 is 0. The molecule has 1 aliphatic heterocycles. The summed E-state index contributed by atoms with van der Waals surface area (Å²) in [5, 5.41) is 0.909. The lowest BCUT2D eigenvalue weighted by Gasteiger charge is -2.35. The zero-order valence-electron chi connectivity index (χ0n) is 11.6. The number of nitrogens with two attached hydrogens (primary N) is 1. The third-order valence-electron chi connectivity index (χ3n) is 4.18. The normalized spacial score (nSPS) is 23.0. The molecule has 0 spiro atoms. The fourth-order valence-electron chi connectivity index (χ4n) is 2.74. The molecule has 0 bridgehead atoms. The monoisotopic (exact) mass is 269 g/mol. The van der Waals surface area contributed by atoms with Gasteiger partial charge in [0, 0.05) is 30.7 Å². The number of carbonyl (C=O) groups is 1. The summed E-state index contributed by atoms with van der Waals surface area (Å²) in [5.74, 6) is 0.541. The number of nitrogens with zero attached hydrogens (tertiary/aromatic N) is 2. The van der Waals surface area contributed by atoms with Crippen molar-refractivity contribution in [2.75, 3.05) is 13.1 Å². The Labute approximate surface area is 118 Å². The van der Waals surface area contributed by atoms with Gasteiger partial charge in [0.25, 0.3) is 5.91 Å². The Kier molecular flexibility index (Phi) is 3.40. The summed E-state index contributed by atoms with van der Waals surface area (Å²) in [6, 6.07) is 9.61. The number of hydrogen-bond acceptors (Lipinski definition) is 3. The van der Waals surface area contributed by atoms with Gasteiger partial charge in [-0.25, -0.2) is 0 Å². The van der Waals surface area contributed by atoms with Crippen LogP contribution in [-0.2, 0) is 0 Å². The lowest BCUT2D eigenvalue weighted by molar-refractivity contribution is 0.0674. The van der Waals surface area contributed by atoms with Crippen molar-refractivity contribution in [2.45, 2.75) is 19.4 Å². The molecule has 3 rings (SSSR count). The van der Waals surface area contributed by atoms with E-state index in [-0.39, 0.29) is 11.9 Å². The highest BCUT2D eigenvalue weighted by molar-refractivity contribution is 6.06. The predicted octanol–water partition coefficient (Wildman–Crippen LogP) is 2.04. The first-order chi connectivity index (χ1) is 9.66. The van der Waals surface area contributed by atoms with Crippen molar-refractivity contribution in [3.63, 3.8) is 0 Å². The molecule has 1 aliphatic rings. The number of benzene rings is 1. The number of amides is 1. The highest BCUT2D eigenvalue weighted by Crippen LogP contribution is 2.21. The molecule has 20 heavy (non-hydrogen) atoms. The van der Waals surface area contributed by atoms with E-state index in [1.165, 1.54) is 0 Å². The van der Waals surface area contributed by atoms with Gasteiger partial charge in [-0.2, -0.15) is 0 Å². The number of para-hydroxylation sites is 1. The van der Waals surface area contributed by atoms with Crippen LogP contribution in [0, 0.1) is 5.92 Å². The Balaban J connectivity index is 1.93. The second-order valence-corrected chi connectivity index (χ2v) is 5.56. The van der Waals surface area contributed by atoms with E-state index in [2.05, 4.69) is 11.9 Å². The second kappa shape index (κ2) is 5.21.